The highest BCUT2D eigenvalue weighted by Crippen LogP contribution is 2.36. The van der Waals surface area contributed by atoms with Gasteiger partial charge in [0.1, 0.15) is 11.1 Å². The van der Waals surface area contributed by atoms with Gasteiger partial charge in [0.25, 0.3) is 0 Å². The molecule has 1 aromatic carbocycles. The second kappa shape index (κ2) is 10.2. The number of pyridine rings is 1. The lowest BCUT2D eigenvalue weighted by Gasteiger charge is -2.15. The van der Waals surface area contributed by atoms with Crippen molar-refractivity contribution in [3.63, 3.8) is 0 Å². The van der Waals surface area contributed by atoms with Gasteiger partial charge in [-0.25, -0.2) is 9.78 Å². The third-order valence-electron chi connectivity index (χ3n) is 4.07. The first-order chi connectivity index (χ1) is 15.0. The lowest BCUT2D eigenvalue weighted by Crippen LogP contribution is -2.18. The number of thioether (sulfide) groups is 1. The van der Waals surface area contributed by atoms with Crippen molar-refractivity contribution in [3.05, 3.63) is 40.6 Å². The van der Waals surface area contributed by atoms with Crippen LogP contribution in [0.1, 0.15) is 27.2 Å². The van der Waals surface area contributed by atoms with Crippen molar-refractivity contribution in [2.45, 2.75) is 18.1 Å². The summed E-state index contributed by atoms with van der Waals surface area (Å²) in [5, 5.41) is 11.5. The number of hydrogen-bond acceptors (Lipinski definition) is 8. The van der Waals surface area contributed by atoms with E-state index in [-0.39, 0.29) is 39.2 Å². The number of aromatic nitrogens is 1. The number of amides is 1. The van der Waals surface area contributed by atoms with Crippen molar-refractivity contribution in [2.24, 2.45) is 0 Å². The van der Waals surface area contributed by atoms with Crippen LogP contribution in [-0.2, 0) is 15.7 Å². The summed E-state index contributed by atoms with van der Waals surface area (Å²) in [5.74, 6) is -1.34. The van der Waals surface area contributed by atoms with Gasteiger partial charge in [-0.15, -0.1) is 0 Å². The Kier molecular flexibility index (Phi) is 7.93. The molecule has 0 atom stereocenters. The topological polar surface area (TPSA) is 111 Å². The van der Waals surface area contributed by atoms with E-state index in [2.05, 4.69) is 10.3 Å². The van der Waals surface area contributed by atoms with Gasteiger partial charge in [-0.05, 0) is 13.0 Å². The van der Waals surface area contributed by atoms with Crippen LogP contribution in [0.3, 0.4) is 0 Å². The molecule has 1 N–H and O–H groups in total. The molecule has 0 aliphatic carbocycles. The molecular formula is C20H18F3N3O5S. The van der Waals surface area contributed by atoms with Crippen molar-refractivity contribution >= 4 is 29.3 Å². The number of halogens is 3. The SMILES string of the molecule is COC(=O)c1cc(OC)c(OC)cc1NC(=O)CSc1nc(C)cc(C(F)(F)F)c1C#N. The summed E-state index contributed by atoms with van der Waals surface area (Å²) in [6, 6.07) is 4.94. The predicted molar refractivity (Wildman–Crippen MR) is 109 cm³/mol. The second-order valence-corrected chi connectivity index (χ2v) is 7.15. The Labute approximate surface area is 185 Å². The molecule has 32 heavy (non-hydrogen) atoms. The van der Waals surface area contributed by atoms with Crippen LogP contribution in [0.5, 0.6) is 11.5 Å². The standard InChI is InChI=1S/C20H18F3N3O5S/c1-10-5-13(20(21,22)23)12(8-24)18(25-10)32-9-17(27)26-14-7-16(30-3)15(29-2)6-11(14)19(28)31-4/h5-7H,9H2,1-4H3,(H,26,27). The number of aryl methyl sites for hydroxylation is 1. The summed E-state index contributed by atoms with van der Waals surface area (Å²) in [7, 11) is 3.89. The van der Waals surface area contributed by atoms with Crippen LogP contribution in [0.4, 0.5) is 18.9 Å². The minimum Gasteiger partial charge on any atom is -0.493 e. The molecule has 0 spiro atoms. The molecule has 12 heteroatoms. The van der Waals surface area contributed by atoms with Crippen LogP contribution < -0.4 is 14.8 Å². The summed E-state index contributed by atoms with van der Waals surface area (Å²) < 4.78 is 54.7. The molecule has 1 aromatic heterocycles. The van der Waals surface area contributed by atoms with Gasteiger partial charge in [-0.3, -0.25) is 4.79 Å². The molecule has 0 fully saturated rings. The molecule has 0 saturated carbocycles. The van der Waals surface area contributed by atoms with Crippen molar-refractivity contribution < 1.29 is 37.0 Å². The number of esters is 1. The van der Waals surface area contributed by atoms with E-state index in [1.54, 1.807) is 0 Å². The fourth-order valence-corrected chi connectivity index (χ4v) is 3.51. The molecule has 2 rings (SSSR count). The van der Waals surface area contributed by atoms with Crippen LogP contribution in [0.15, 0.2) is 23.2 Å². The zero-order chi connectivity index (χ0) is 24.1. The van der Waals surface area contributed by atoms with Crippen LogP contribution in [-0.4, -0.2) is 43.9 Å². The highest BCUT2D eigenvalue weighted by Gasteiger charge is 2.35. The minimum atomic E-state index is -4.74. The number of nitriles is 1. The molecule has 0 aliphatic heterocycles. The van der Waals surface area contributed by atoms with Gasteiger partial charge in [0, 0.05) is 17.8 Å². The summed E-state index contributed by atoms with van der Waals surface area (Å²) in [6.45, 7) is 1.35. The number of methoxy groups -OCH3 is 3. The number of nitrogens with zero attached hydrogens (tertiary/aromatic N) is 2. The summed E-state index contributed by atoms with van der Waals surface area (Å²) in [5.41, 5.74) is -1.71. The summed E-state index contributed by atoms with van der Waals surface area (Å²) in [4.78, 5) is 28.5. The molecule has 8 nitrogen and oxygen atoms in total. The van der Waals surface area contributed by atoms with E-state index in [1.807, 2.05) is 0 Å². The monoisotopic (exact) mass is 469 g/mol. The first-order valence-electron chi connectivity index (χ1n) is 8.81. The summed E-state index contributed by atoms with van der Waals surface area (Å²) in [6.07, 6.45) is -4.74. The molecule has 0 unspecified atom stereocenters. The van der Waals surface area contributed by atoms with E-state index in [0.717, 1.165) is 13.2 Å². The molecule has 0 aliphatic rings. The number of nitrogens with one attached hydrogen (secondary N) is 1. The summed E-state index contributed by atoms with van der Waals surface area (Å²) >= 11 is 0.663. The number of carbonyl (C=O) groups is 2. The lowest BCUT2D eigenvalue weighted by atomic mass is 10.1. The third kappa shape index (κ3) is 5.61. The van der Waals surface area contributed by atoms with Gasteiger partial charge in [-0.2, -0.15) is 18.4 Å². The zero-order valence-corrected chi connectivity index (χ0v) is 18.2. The van der Waals surface area contributed by atoms with Gasteiger partial charge in [0.05, 0.1) is 49.5 Å². The number of ether oxygens (including phenoxy) is 3. The van der Waals surface area contributed by atoms with E-state index < -0.39 is 29.2 Å². The average molecular weight is 469 g/mol. The molecule has 0 saturated heterocycles. The van der Waals surface area contributed by atoms with Crippen LogP contribution in [0.2, 0.25) is 0 Å². The van der Waals surface area contributed by atoms with Gasteiger partial charge in [0.2, 0.25) is 5.91 Å². The van der Waals surface area contributed by atoms with E-state index in [0.29, 0.717) is 11.8 Å². The van der Waals surface area contributed by atoms with E-state index in [1.165, 1.54) is 39.3 Å². The number of rotatable bonds is 7. The van der Waals surface area contributed by atoms with E-state index in [9.17, 15) is 28.0 Å². The Morgan fingerprint density at radius 1 is 1.16 bits per heavy atom. The molecule has 170 valence electrons. The predicted octanol–water partition coefficient (Wildman–Crippen LogP) is 3.82. The molecule has 1 amide bonds. The van der Waals surface area contributed by atoms with Gasteiger partial charge in [-0.1, -0.05) is 11.8 Å². The maximum absolute atomic E-state index is 13.2. The Hall–Kier alpha value is -3.46. The van der Waals surface area contributed by atoms with Gasteiger partial charge >= 0.3 is 12.1 Å². The van der Waals surface area contributed by atoms with Crippen molar-refractivity contribution in [1.82, 2.24) is 4.98 Å². The van der Waals surface area contributed by atoms with Gasteiger partial charge in [0.15, 0.2) is 11.5 Å². The van der Waals surface area contributed by atoms with E-state index >= 15 is 0 Å². The third-order valence-corrected chi connectivity index (χ3v) is 5.05. The Morgan fingerprint density at radius 2 is 1.78 bits per heavy atom. The normalized spacial score (nSPS) is 10.8. The Balaban J connectivity index is 2.31. The molecule has 2 aromatic rings. The fourth-order valence-electron chi connectivity index (χ4n) is 2.66. The number of hydrogen-bond donors (Lipinski definition) is 1. The van der Waals surface area contributed by atoms with E-state index in [4.69, 9.17) is 14.2 Å². The highest BCUT2D eigenvalue weighted by molar-refractivity contribution is 8.00. The maximum Gasteiger partial charge on any atom is 0.417 e. The highest BCUT2D eigenvalue weighted by atomic mass is 32.2. The fraction of sp³-hybridized carbons (Fsp3) is 0.300. The number of anilines is 1. The molecule has 0 radical (unpaired) electrons. The first-order valence-corrected chi connectivity index (χ1v) is 9.80. The molecule has 0 bridgehead atoms. The van der Waals surface area contributed by atoms with Crippen molar-refractivity contribution in [2.75, 3.05) is 32.4 Å². The average Bonchev–Trinajstić information content (AvgIpc) is 2.75. The number of carbonyl (C=O) groups excluding carboxylic acids is 2. The van der Waals surface area contributed by atoms with Crippen LogP contribution in [0, 0.1) is 18.3 Å². The molecular weight excluding hydrogens is 451 g/mol. The zero-order valence-electron chi connectivity index (χ0n) is 17.4. The van der Waals surface area contributed by atoms with Gasteiger partial charge < -0.3 is 19.5 Å². The lowest BCUT2D eigenvalue weighted by molar-refractivity contribution is -0.138. The largest absolute Gasteiger partial charge is 0.493 e. The maximum atomic E-state index is 13.2. The van der Waals surface area contributed by atoms with Crippen molar-refractivity contribution in [3.8, 4) is 17.6 Å². The Bertz CT molecular complexity index is 1080. The van der Waals surface area contributed by atoms with Crippen molar-refractivity contribution in [1.29, 1.82) is 5.26 Å². The second-order valence-electron chi connectivity index (χ2n) is 6.18. The smallest absolute Gasteiger partial charge is 0.417 e. The Morgan fingerprint density at radius 3 is 2.31 bits per heavy atom. The number of benzene rings is 1. The first kappa shape index (κ1) is 24.8. The quantitative estimate of drug-likeness (QED) is 0.481. The minimum absolute atomic E-state index is 0.0192. The number of alkyl halides is 3. The van der Waals surface area contributed by atoms with Crippen LogP contribution in [0.25, 0.3) is 0 Å². The van der Waals surface area contributed by atoms with Crippen LogP contribution >= 0.6 is 11.8 Å². The molecule has 1 heterocycles.